The van der Waals surface area contributed by atoms with E-state index in [2.05, 4.69) is 9.97 Å². The van der Waals surface area contributed by atoms with Gasteiger partial charge in [-0.15, -0.1) is 11.6 Å². The molecule has 0 aliphatic carbocycles. The van der Waals surface area contributed by atoms with Crippen LogP contribution in [0.15, 0.2) is 16.5 Å². The molecule has 21 heavy (non-hydrogen) atoms. The van der Waals surface area contributed by atoms with Crippen LogP contribution < -0.4 is 0 Å². The Morgan fingerprint density at radius 2 is 2.00 bits per heavy atom. The van der Waals surface area contributed by atoms with Gasteiger partial charge < -0.3 is 8.98 Å². The third kappa shape index (κ3) is 2.40. The Hall–Kier alpha value is -1.95. The molecular formula is C14H12ClF2N3O. The summed E-state index contributed by atoms with van der Waals surface area (Å²) in [5, 5.41) is 0. The molecular weight excluding hydrogens is 300 g/mol. The van der Waals surface area contributed by atoms with E-state index in [1.54, 1.807) is 11.5 Å². The van der Waals surface area contributed by atoms with Crippen LogP contribution in [0.4, 0.5) is 8.78 Å². The summed E-state index contributed by atoms with van der Waals surface area (Å²) in [5.41, 5.74) is 1.20. The van der Waals surface area contributed by atoms with Gasteiger partial charge in [0.15, 0.2) is 5.82 Å². The number of halogens is 3. The largest absolute Gasteiger partial charge is 0.444 e. The number of aryl methyl sites for hydroxylation is 2. The van der Waals surface area contributed by atoms with Crippen LogP contribution in [0.25, 0.3) is 11.0 Å². The molecule has 4 nitrogen and oxygen atoms in total. The molecule has 0 aliphatic rings. The molecule has 2 heterocycles. The average molecular weight is 312 g/mol. The molecule has 0 radical (unpaired) electrons. The molecule has 0 saturated heterocycles. The van der Waals surface area contributed by atoms with Gasteiger partial charge in [-0.2, -0.15) is 0 Å². The molecule has 0 aliphatic heterocycles. The van der Waals surface area contributed by atoms with Crippen molar-refractivity contribution in [1.82, 2.24) is 14.5 Å². The van der Waals surface area contributed by atoms with Gasteiger partial charge in [0.1, 0.15) is 29.5 Å². The van der Waals surface area contributed by atoms with Crippen molar-refractivity contribution >= 4 is 22.6 Å². The first-order valence-corrected chi connectivity index (χ1v) is 6.86. The first-order chi connectivity index (χ1) is 9.99. The van der Waals surface area contributed by atoms with Crippen molar-refractivity contribution in [3.8, 4) is 0 Å². The Bertz CT molecular complexity index is 806. The standard InChI is InChI=1S/C14H12ClF2N3O/c1-7-8(2)21-13(18-7)6-20-11-4-9(16)3-10(17)14(11)19-12(20)5-15/h3-4H,5-6H2,1-2H3. The lowest BCUT2D eigenvalue weighted by molar-refractivity contribution is 0.457. The summed E-state index contributed by atoms with van der Waals surface area (Å²) in [7, 11) is 0. The molecule has 2 aromatic heterocycles. The zero-order valence-corrected chi connectivity index (χ0v) is 12.2. The summed E-state index contributed by atoms with van der Waals surface area (Å²) in [6.45, 7) is 3.85. The zero-order chi connectivity index (χ0) is 15.1. The number of hydrogen-bond acceptors (Lipinski definition) is 3. The van der Waals surface area contributed by atoms with Crippen LogP contribution in [0.3, 0.4) is 0 Å². The average Bonchev–Trinajstić information content (AvgIpc) is 2.92. The van der Waals surface area contributed by atoms with Gasteiger partial charge in [-0.25, -0.2) is 18.7 Å². The second-order valence-corrected chi connectivity index (χ2v) is 5.02. The Labute approximate surface area is 124 Å². The van der Waals surface area contributed by atoms with Gasteiger partial charge in [-0.1, -0.05) is 0 Å². The third-order valence-electron chi connectivity index (χ3n) is 3.34. The van der Waals surface area contributed by atoms with E-state index in [0.29, 0.717) is 23.0 Å². The molecule has 7 heteroatoms. The van der Waals surface area contributed by atoms with E-state index in [0.717, 1.165) is 11.8 Å². The van der Waals surface area contributed by atoms with E-state index < -0.39 is 11.6 Å². The minimum absolute atomic E-state index is 0.0778. The quantitative estimate of drug-likeness (QED) is 0.693. The number of aromatic nitrogens is 3. The van der Waals surface area contributed by atoms with Crippen molar-refractivity contribution in [3.05, 3.63) is 46.9 Å². The van der Waals surface area contributed by atoms with Crippen LogP contribution >= 0.6 is 11.6 Å². The maximum atomic E-state index is 13.8. The maximum absolute atomic E-state index is 13.8. The molecule has 110 valence electrons. The lowest BCUT2D eigenvalue weighted by atomic mass is 10.3. The van der Waals surface area contributed by atoms with Crippen LogP contribution in [0.2, 0.25) is 0 Å². The fourth-order valence-corrected chi connectivity index (χ4v) is 2.42. The van der Waals surface area contributed by atoms with Crippen LogP contribution in [0.5, 0.6) is 0 Å². The number of fused-ring (bicyclic) bond motifs is 1. The van der Waals surface area contributed by atoms with Crippen molar-refractivity contribution in [1.29, 1.82) is 0 Å². The molecule has 0 amide bonds. The van der Waals surface area contributed by atoms with Gasteiger partial charge in [0.2, 0.25) is 5.89 Å². The van der Waals surface area contributed by atoms with Gasteiger partial charge in [0, 0.05) is 6.07 Å². The number of nitrogens with zero attached hydrogens (tertiary/aromatic N) is 3. The number of benzene rings is 1. The monoisotopic (exact) mass is 311 g/mol. The Morgan fingerprint density at radius 1 is 1.24 bits per heavy atom. The summed E-state index contributed by atoms with van der Waals surface area (Å²) < 4.78 is 34.3. The van der Waals surface area contributed by atoms with Crippen LogP contribution in [0.1, 0.15) is 23.2 Å². The minimum atomic E-state index is -0.713. The smallest absolute Gasteiger partial charge is 0.214 e. The molecule has 0 atom stereocenters. The van der Waals surface area contributed by atoms with Crippen LogP contribution in [-0.2, 0) is 12.4 Å². The lowest BCUT2D eigenvalue weighted by Crippen LogP contribution is -2.04. The number of oxazole rings is 1. The van der Waals surface area contributed by atoms with Gasteiger partial charge in [-0.05, 0) is 19.9 Å². The summed E-state index contributed by atoms with van der Waals surface area (Å²) in [6.07, 6.45) is 0. The molecule has 3 rings (SSSR count). The minimum Gasteiger partial charge on any atom is -0.444 e. The second-order valence-electron chi connectivity index (χ2n) is 4.75. The molecule has 0 bridgehead atoms. The lowest BCUT2D eigenvalue weighted by Gasteiger charge is -2.04. The first-order valence-electron chi connectivity index (χ1n) is 6.32. The molecule has 0 saturated carbocycles. The summed E-state index contributed by atoms with van der Waals surface area (Å²) >= 11 is 5.85. The highest BCUT2D eigenvalue weighted by Gasteiger charge is 2.17. The predicted octanol–water partition coefficient (Wildman–Crippen LogP) is 3.71. The SMILES string of the molecule is Cc1nc(Cn2c(CCl)nc3c(F)cc(F)cc32)oc1C. The highest BCUT2D eigenvalue weighted by molar-refractivity contribution is 6.16. The molecule has 0 fully saturated rings. The summed E-state index contributed by atoms with van der Waals surface area (Å²) in [5.74, 6) is 0.287. The van der Waals surface area contributed by atoms with Crippen LogP contribution in [-0.4, -0.2) is 14.5 Å². The number of imidazole rings is 1. The summed E-state index contributed by atoms with van der Waals surface area (Å²) in [6, 6.07) is 2.03. The zero-order valence-electron chi connectivity index (χ0n) is 11.5. The molecule has 0 unspecified atom stereocenters. The fraction of sp³-hybridized carbons (Fsp3) is 0.286. The molecule has 0 N–H and O–H groups in total. The number of hydrogen-bond donors (Lipinski definition) is 0. The van der Waals surface area contributed by atoms with E-state index in [1.165, 1.54) is 6.07 Å². The van der Waals surface area contributed by atoms with E-state index in [9.17, 15) is 8.78 Å². The van der Waals surface area contributed by atoms with Crippen molar-refractivity contribution in [2.45, 2.75) is 26.3 Å². The van der Waals surface area contributed by atoms with Crippen molar-refractivity contribution < 1.29 is 13.2 Å². The highest BCUT2D eigenvalue weighted by atomic mass is 35.5. The Balaban J connectivity index is 2.15. The van der Waals surface area contributed by atoms with Crippen molar-refractivity contribution in [3.63, 3.8) is 0 Å². The number of alkyl halides is 1. The maximum Gasteiger partial charge on any atom is 0.214 e. The van der Waals surface area contributed by atoms with E-state index in [1.807, 2.05) is 6.92 Å². The van der Waals surface area contributed by atoms with Gasteiger partial charge in [0.25, 0.3) is 0 Å². The van der Waals surface area contributed by atoms with Gasteiger partial charge in [-0.3, -0.25) is 0 Å². The Morgan fingerprint density at radius 3 is 2.62 bits per heavy atom. The van der Waals surface area contributed by atoms with E-state index in [4.69, 9.17) is 16.0 Å². The topological polar surface area (TPSA) is 43.9 Å². The van der Waals surface area contributed by atoms with E-state index >= 15 is 0 Å². The Kier molecular flexibility index (Phi) is 3.41. The van der Waals surface area contributed by atoms with Crippen molar-refractivity contribution in [2.24, 2.45) is 0 Å². The summed E-state index contributed by atoms with van der Waals surface area (Å²) in [4.78, 5) is 8.38. The molecule has 0 spiro atoms. The molecule has 1 aromatic carbocycles. The van der Waals surface area contributed by atoms with Gasteiger partial charge in [0.05, 0.1) is 17.1 Å². The van der Waals surface area contributed by atoms with Crippen LogP contribution in [0, 0.1) is 25.5 Å². The number of rotatable bonds is 3. The predicted molar refractivity (Wildman–Crippen MR) is 74.3 cm³/mol. The fourth-order valence-electron chi connectivity index (χ4n) is 2.22. The second kappa shape index (κ2) is 5.11. The first kappa shape index (κ1) is 14.0. The van der Waals surface area contributed by atoms with E-state index in [-0.39, 0.29) is 17.9 Å². The highest BCUT2D eigenvalue weighted by Crippen LogP contribution is 2.23. The normalized spacial score (nSPS) is 11.5. The molecule has 3 aromatic rings. The van der Waals surface area contributed by atoms with Gasteiger partial charge >= 0.3 is 0 Å². The third-order valence-corrected chi connectivity index (χ3v) is 3.58. The van der Waals surface area contributed by atoms with Crippen molar-refractivity contribution in [2.75, 3.05) is 0 Å².